The molecule has 1 fully saturated rings. The maximum atomic E-state index is 12.7. The SMILES string of the molecule is CC(C)NCc1cc(S(=O)(=O)N2CCCCC2)ccc1Cl. The predicted molar refractivity (Wildman–Crippen MR) is 86.0 cm³/mol. The van der Waals surface area contributed by atoms with E-state index in [-0.39, 0.29) is 0 Å². The largest absolute Gasteiger partial charge is 0.310 e. The molecule has 0 amide bonds. The Morgan fingerprint density at radius 2 is 1.90 bits per heavy atom. The van der Waals surface area contributed by atoms with Gasteiger partial charge in [0.2, 0.25) is 10.0 Å². The lowest BCUT2D eigenvalue weighted by atomic mass is 10.2. The zero-order valence-electron chi connectivity index (χ0n) is 12.6. The highest BCUT2D eigenvalue weighted by atomic mass is 35.5. The van der Waals surface area contributed by atoms with E-state index in [1.165, 1.54) is 0 Å². The number of nitrogens with zero attached hydrogens (tertiary/aromatic N) is 1. The van der Waals surface area contributed by atoms with Gasteiger partial charge in [0.15, 0.2) is 0 Å². The van der Waals surface area contributed by atoms with Crippen molar-refractivity contribution in [3.8, 4) is 0 Å². The monoisotopic (exact) mass is 330 g/mol. The zero-order chi connectivity index (χ0) is 15.5. The summed E-state index contributed by atoms with van der Waals surface area (Å²) in [5, 5.41) is 3.87. The minimum absolute atomic E-state index is 0.323. The van der Waals surface area contributed by atoms with Crippen molar-refractivity contribution in [2.45, 2.75) is 50.6 Å². The predicted octanol–water partition coefficient (Wildman–Crippen LogP) is 3.01. The summed E-state index contributed by atoms with van der Waals surface area (Å²) in [6, 6.07) is 5.30. The molecule has 0 saturated carbocycles. The lowest BCUT2D eigenvalue weighted by Gasteiger charge is -2.26. The van der Waals surface area contributed by atoms with Crippen LogP contribution in [0.1, 0.15) is 38.7 Å². The van der Waals surface area contributed by atoms with Gasteiger partial charge in [0.1, 0.15) is 0 Å². The number of nitrogens with one attached hydrogen (secondary N) is 1. The number of halogens is 1. The molecule has 4 nitrogen and oxygen atoms in total. The fourth-order valence-corrected chi connectivity index (χ4v) is 4.17. The van der Waals surface area contributed by atoms with Crippen LogP contribution in [-0.4, -0.2) is 31.9 Å². The van der Waals surface area contributed by atoms with E-state index < -0.39 is 10.0 Å². The fourth-order valence-electron chi connectivity index (χ4n) is 2.42. The van der Waals surface area contributed by atoms with E-state index in [4.69, 9.17) is 11.6 Å². The topological polar surface area (TPSA) is 49.4 Å². The standard InChI is InChI=1S/C15H23ClN2O2S/c1-12(2)17-11-13-10-14(6-7-15(13)16)21(19,20)18-8-4-3-5-9-18/h6-7,10,12,17H,3-5,8-9,11H2,1-2H3. The highest BCUT2D eigenvalue weighted by Gasteiger charge is 2.26. The molecule has 0 bridgehead atoms. The van der Waals surface area contributed by atoms with E-state index in [0.717, 1.165) is 24.8 Å². The van der Waals surface area contributed by atoms with E-state index in [0.29, 0.717) is 35.6 Å². The van der Waals surface area contributed by atoms with Crippen molar-refractivity contribution in [3.05, 3.63) is 28.8 Å². The molecule has 2 rings (SSSR count). The minimum Gasteiger partial charge on any atom is -0.310 e. The molecule has 1 aromatic carbocycles. The molecule has 0 unspecified atom stereocenters. The summed E-state index contributed by atoms with van der Waals surface area (Å²) in [6.07, 6.45) is 2.99. The van der Waals surface area contributed by atoms with Gasteiger partial charge in [-0.05, 0) is 36.6 Å². The first-order chi connectivity index (χ1) is 9.91. The number of benzene rings is 1. The van der Waals surface area contributed by atoms with Crippen LogP contribution in [0.15, 0.2) is 23.1 Å². The average Bonchev–Trinajstić information content (AvgIpc) is 2.47. The third kappa shape index (κ3) is 4.19. The Kier molecular flexibility index (Phi) is 5.66. The van der Waals surface area contributed by atoms with Crippen LogP contribution in [0, 0.1) is 0 Å². The Morgan fingerprint density at radius 1 is 1.24 bits per heavy atom. The summed E-state index contributed by atoms with van der Waals surface area (Å²) >= 11 is 6.17. The van der Waals surface area contributed by atoms with Gasteiger partial charge in [0.25, 0.3) is 0 Å². The van der Waals surface area contributed by atoms with Crippen LogP contribution in [0.5, 0.6) is 0 Å². The van der Waals surface area contributed by atoms with Crippen molar-refractivity contribution in [1.29, 1.82) is 0 Å². The molecule has 1 N–H and O–H groups in total. The first-order valence-electron chi connectivity index (χ1n) is 7.43. The Labute approximate surface area is 132 Å². The molecular weight excluding hydrogens is 308 g/mol. The first kappa shape index (κ1) is 16.7. The van der Waals surface area contributed by atoms with Crippen LogP contribution in [0.3, 0.4) is 0 Å². The highest BCUT2D eigenvalue weighted by molar-refractivity contribution is 7.89. The summed E-state index contributed by atoms with van der Waals surface area (Å²) in [5.41, 5.74) is 0.823. The molecule has 1 aliphatic heterocycles. The Bertz CT molecular complexity index is 581. The number of sulfonamides is 1. The van der Waals surface area contributed by atoms with E-state index in [2.05, 4.69) is 5.32 Å². The Balaban J connectivity index is 2.24. The second-order valence-corrected chi connectivity index (χ2v) is 8.10. The number of hydrogen-bond acceptors (Lipinski definition) is 3. The van der Waals surface area contributed by atoms with Crippen molar-refractivity contribution in [3.63, 3.8) is 0 Å². The average molecular weight is 331 g/mol. The van der Waals surface area contributed by atoms with Crippen molar-refractivity contribution < 1.29 is 8.42 Å². The summed E-state index contributed by atoms with van der Waals surface area (Å²) in [4.78, 5) is 0.342. The molecule has 21 heavy (non-hydrogen) atoms. The van der Waals surface area contributed by atoms with E-state index in [1.54, 1.807) is 22.5 Å². The van der Waals surface area contributed by atoms with Crippen LogP contribution in [0.25, 0.3) is 0 Å². The number of piperidine rings is 1. The van der Waals surface area contributed by atoms with Crippen LogP contribution in [-0.2, 0) is 16.6 Å². The van der Waals surface area contributed by atoms with Gasteiger partial charge in [0, 0.05) is 30.7 Å². The molecule has 1 aromatic rings. The smallest absolute Gasteiger partial charge is 0.243 e. The van der Waals surface area contributed by atoms with Gasteiger partial charge >= 0.3 is 0 Å². The van der Waals surface area contributed by atoms with Gasteiger partial charge in [-0.3, -0.25) is 0 Å². The van der Waals surface area contributed by atoms with Gasteiger partial charge in [-0.1, -0.05) is 31.9 Å². The number of rotatable bonds is 5. The van der Waals surface area contributed by atoms with Crippen LogP contribution >= 0.6 is 11.6 Å². The Morgan fingerprint density at radius 3 is 2.52 bits per heavy atom. The van der Waals surface area contributed by atoms with Crippen molar-refractivity contribution in [1.82, 2.24) is 9.62 Å². The quantitative estimate of drug-likeness (QED) is 0.902. The molecule has 0 radical (unpaired) electrons. The van der Waals surface area contributed by atoms with Gasteiger partial charge in [-0.2, -0.15) is 4.31 Å². The molecule has 1 saturated heterocycles. The molecule has 0 aliphatic carbocycles. The summed E-state index contributed by atoms with van der Waals surface area (Å²) < 4.78 is 26.9. The number of hydrogen-bond donors (Lipinski definition) is 1. The molecule has 1 heterocycles. The third-order valence-corrected chi connectivity index (χ3v) is 5.93. The van der Waals surface area contributed by atoms with Crippen molar-refractivity contribution in [2.24, 2.45) is 0 Å². The van der Waals surface area contributed by atoms with Gasteiger partial charge in [0.05, 0.1) is 4.90 Å². The molecule has 0 aromatic heterocycles. The normalized spacial score (nSPS) is 17.3. The van der Waals surface area contributed by atoms with Crippen molar-refractivity contribution in [2.75, 3.05) is 13.1 Å². The summed E-state index contributed by atoms with van der Waals surface area (Å²) in [7, 11) is -3.39. The summed E-state index contributed by atoms with van der Waals surface area (Å²) in [5.74, 6) is 0. The van der Waals surface area contributed by atoms with Gasteiger partial charge in [-0.25, -0.2) is 8.42 Å². The molecule has 1 aliphatic rings. The van der Waals surface area contributed by atoms with Gasteiger partial charge < -0.3 is 5.32 Å². The first-order valence-corrected chi connectivity index (χ1v) is 9.25. The second-order valence-electron chi connectivity index (χ2n) is 5.75. The lowest BCUT2D eigenvalue weighted by Crippen LogP contribution is -2.35. The summed E-state index contributed by atoms with van der Waals surface area (Å²) in [6.45, 7) is 5.89. The fraction of sp³-hybridized carbons (Fsp3) is 0.600. The second kappa shape index (κ2) is 7.09. The molecule has 6 heteroatoms. The maximum absolute atomic E-state index is 12.7. The Hall–Kier alpha value is -0.620. The van der Waals surface area contributed by atoms with Crippen molar-refractivity contribution >= 4 is 21.6 Å². The van der Waals surface area contributed by atoms with E-state index in [1.807, 2.05) is 13.8 Å². The third-order valence-electron chi connectivity index (χ3n) is 3.67. The van der Waals surface area contributed by atoms with Crippen LogP contribution in [0.4, 0.5) is 0 Å². The van der Waals surface area contributed by atoms with E-state index >= 15 is 0 Å². The van der Waals surface area contributed by atoms with Gasteiger partial charge in [-0.15, -0.1) is 0 Å². The molecule has 118 valence electrons. The van der Waals surface area contributed by atoms with Crippen LogP contribution in [0.2, 0.25) is 5.02 Å². The minimum atomic E-state index is -3.39. The van der Waals surface area contributed by atoms with Crippen LogP contribution < -0.4 is 5.32 Å². The molecule has 0 atom stereocenters. The molecular formula is C15H23ClN2O2S. The molecule has 0 spiro atoms. The van der Waals surface area contributed by atoms with E-state index in [9.17, 15) is 8.42 Å². The lowest BCUT2D eigenvalue weighted by molar-refractivity contribution is 0.346. The maximum Gasteiger partial charge on any atom is 0.243 e. The highest BCUT2D eigenvalue weighted by Crippen LogP contribution is 2.25. The zero-order valence-corrected chi connectivity index (χ0v) is 14.2.